The minimum absolute atomic E-state index is 0.00726. The fraction of sp³-hybridized carbons (Fsp3) is 0.581. The average Bonchev–Trinajstić information content (AvgIpc) is 3.16. The van der Waals surface area contributed by atoms with Crippen LogP contribution in [-0.2, 0) is 16.8 Å². The summed E-state index contributed by atoms with van der Waals surface area (Å²) in [4.78, 5) is 37.3. The normalized spacial score (nSPS) is 25.7. The molecule has 3 aliphatic rings. The first-order valence-corrected chi connectivity index (χ1v) is 14.2. The predicted molar refractivity (Wildman–Crippen MR) is 148 cm³/mol. The topological polar surface area (TPSA) is 66.0 Å². The van der Waals surface area contributed by atoms with Gasteiger partial charge in [0.15, 0.2) is 0 Å². The molecule has 0 radical (unpaired) electrons. The third-order valence-electron chi connectivity index (χ3n) is 9.47. The van der Waals surface area contributed by atoms with Crippen molar-refractivity contribution in [1.82, 2.24) is 19.7 Å². The van der Waals surface area contributed by atoms with Gasteiger partial charge in [-0.1, -0.05) is 36.8 Å². The second kappa shape index (κ2) is 11.0. The van der Waals surface area contributed by atoms with Gasteiger partial charge in [0.05, 0.1) is 12.6 Å². The van der Waals surface area contributed by atoms with Crippen LogP contribution in [0.2, 0.25) is 0 Å². The van der Waals surface area contributed by atoms with Gasteiger partial charge < -0.3 is 14.5 Å². The molecular formula is C31H42N4O3. The highest BCUT2D eigenvalue weighted by molar-refractivity contribution is 5.83. The van der Waals surface area contributed by atoms with Crippen LogP contribution in [0.15, 0.2) is 48.7 Å². The number of benzene rings is 1. The molecule has 0 N–H and O–H groups in total. The first kappa shape index (κ1) is 26.7. The molecule has 204 valence electrons. The van der Waals surface area contributed by atoms with Crippen molar-refractivity contribution in [3.05, 3.63) is 59.8 Å². The Hall–Kier alpha value is -2.93. The van der Waals surface area contributed by atoms with Crippen molar-refractivity contribution in [3.8, 4) is 5.88 Å². The summed E-state index contributed by atoms with van der Waals surface area (Å²) in [6.45, 7) is 2.08. The lowest BCUT2D eigenvalue weighted by Crippen LogP contribution is -2.56. The number of carbonyl (C=O) groups is 2. The number of Topliss-reactive ketones (excluding diaryl/α,β-unsaturated/α-hetero) is 1. The molecule has 1 saturated heterocycles. The second-order valence-electron chi connectivity index (χ2n) is 11.8. The molecule has 1 aromatic heterocycles. The van der Waals surface area contributed by atoms with E-state index in [1.54, 1.807) is 19.4 Å². The summed E-state index contributed by atoms with van der Waals surface area (Å²) >= 11 is 0. The summed E-state index contributed by atoms with van der Waals surface area (Å²) in [7, 11) is 5.95. The van der Waals surface area contributed by atoms with E-state index >= 15 is 0 Å². The van der Waals surface area contributed by atoms with Crippen molar-refractivity contribution in [2.75, 3.05) is 40.8 Å². The molecule has 0 unspecified atom stereocenters. The quantitative estimate of drug-likeness (QED) is 0.448. The van der Waals surface area contributed by atoms with E-state index in [4.69, 9.17) is 4.74 Å². The smallest absolute Gasteiger partial charge is 0.320 e. The number of nitrogens with zero attached hydrogens (tertiary/aromatic N) is 4. The van der Waals surface area contributed by atoms with Crippen molar-refractivity contribution in [3.63, 3.8) is 0 Å². The van der Waals surface area contributed by atoms with Crippen LogP contribution >= 0.6 is 0 Å². The van der Waals surface area contributed by atoms with Crippen LogP contribution in [0.25, 0.3) is 0 Å². The van der Waals surface area contributed by atoms with Gasteiger partial charge in [-0.05, 0) is 75.7 Å². The highest BCUT2D eigenvalue weighted by atomic mass is 16.5. The molecule has 1 aromatic carbocycles. The molecule has 2 aromatic rings. The predicted octanol–water partition coefficient (Wildman–Crippen LogP) is 4.90. The molecule has 2 heterocycles. The van der Waals surface area contributed by atoms with Crippen molar-refractivity contribution >= 4 is 11.8 Å². The molecular weight excluding hydrogens is 476 g/mol. The number of aromatic nitrogens is 1. The summed E-state index contributed by atoms with van der Waals surface area (Å²) in [5.74, 6) is 1.27. The average molecular weight is 519 g/mol. The number of hydrogen-bond acceptors (Lipinski definition) is 5. The zero-order chi connectivity index (χ0) is 26.8. The van der Waals surface area contributed by atoms with Gasteiger partial charge in [0, 0.05) is 50.3 Å². The largest absolute Gasteiger partial charge is 0.481 e. The Morgan fingerprint density at radius 2 is 1.84 bits per heavy atom. The monoisotopic (exact) mass is 518 g/mol. The Balaban J connectivity index is 1.28. The zero-order valence-electron chi connectivity index (χ0n) is 23.2. The van der Waals surface area contributed by atoms with Crippen molar-refractivity contribution in [2.24, 2.45) is 5.92 Å². The van der Waals surface area contributed by atoms with Gasteiger partial charge in [-0.2, -0.15) is 0 Å². The van der Waals surface area contributed by atoms with Crippen LogP contribution in [0.4, 0.5) is 4.79 Å². The minimum Gasteiger partial charge on any atom is -0.481 e. The van der Waals surface area contributed by atoms with Gasteiger partial charge in [-0.15, -0.1) is 0 Å². The Morgan fingerprint density at radius 3 is 2.47 bits per heavy atom. The highest BCUT2D eigenvalue weighted by Gasteiger charge is 2.54. The van der Waals surface area contributed by atoms with E-state index in [1.807, 2.05) is 11.0 Å². The van der Waals surface area contributed by atoms with Crippen LogP contribution in [0.3, 0.4) is 0 Å². The molecule has 38 heavy (non-hydrogen) atoms. The lowest BCUT2D eigenvalue weighted by Gasteiger charge is -2.51. The fourth-order valence-electron chi connectivity index (χ4n) is 6.81. The van der Waals surface area contributed by atoms with E-state index in [-0.39, 0.29) is 22.9 Å². The lowest BCUT2D eigenvalue weighted by atomic mass is 9.68. The number of carbonyl (C=O) groups excluding carboxylic acids is 2. The van der Waals surface area contributed by atoms with Crippen LogP contribution in [0.1, 0.15) is 62.5 Å². The molecule has 1 aliphatic heterocycles. The molecule has 0 bridgehead atoms. The molecule has 5 rings (SSSR count). The summed E-state index contributed by atoms with van der Waals surface area (Å²) in [5.41, 5.74) is 2.12. The fourth-order valence-corrected chi connectivity index (χ4v) is 6.81. The second-order valence-corrected chi connectivity index (χ2v) is 11.8. The molecule has 0 atom stereocenters. The van der Waals surface area contributed by atoms with Crippen molar-refractivity contribution < 1.29 is 14.3 Å². The molecule has 7 heteroatoms. The van der Waals surface area contributed by atoms with E-state index in [2.05, 4.69) is 59.2 Å². The van der Waals surface area contributed by atoms with E-state index in [0.29, 0.717) is 31.2 Å². The Labute approximate surface area is 227 Å². The molecule has 3 fully saturated rings. The third kappa shape index (κ3) is 5.18. The van der Waals surface area contributed by atoms with E-state index in [1.165, 1.54) is 24.8 Å². The third-order valence-corrected chi connectivity index (χ3v) is 9.47. The van der Waals surface area contributed by atoms with Gasteiger partial charge in [-0.3, -0.25) is 9.69 Å². The first-order chi connectivity index (χ1) is 18.3. The molecule has 7 nitrogen and oxygen atoms in total. The van der Waals surface area contributed by atoms with Gasteiger partial charge in [-0.25, -0.2) is 9.78 Å². The van der Waals surface area contributed by atoms with E-state index < -0.39 is 0 Å². The van der Waals surface area contributed by atoms with Crippen LogP contribution in [-0.4, -0.2) is 77.9 Å². The number of ketones is 1. The Morgan fingerprint density at radius 1 is 1.11 bits per heavy atom. The maximum Gasteiger partial charge on any atom is 0.320 e. The summed E-state index contributed by atoms with van der Waals surface area (Å²) < 4.78 is 5.19. The number of rotatable bonds is 10. The van der Waals surface area contributed by atoms with Crippen molar-refractivity contribution in [1.29, 1.82) is 0 Å². The standard InChI is InChI=1S/C31H42N4O3/c1-33(2)31(26-10-5-4-6-11-26)16-14-30(15-17-31)23-34(29(37)35(30)22-24-8-7-9-24)19-13-27(36)20-25-12-18-32-28(21-25)38-3/h4-6,10-12,18,21,24H,7-9,13-17,19-20,22-23H2,1-3H3/t30-,31+. The lowest BCUT2D eigenvalue weighted by molar-refractivity contribution is -0.118. The van der Waals surface area contributed by atoms with Crippen LogP contribution in [0.5, 0.6) is 5.88 Å². The summed E-state index contributed by atoms with van der Waals surface area (Å²) in [6, 6.07) is 14.6. The van der Waals surface area contributed by atoms with Gasteiger partial charge in [0.1, 0.15) is 5.78 Å². The molecule has 2 aliphatic carbocycles. The highest BCUT2D eigenvalue weighted by Crippen LogP contribution is 2.49. The Bertz CT molecular complexity index is 1120. The number of methoxy groups -OCH3 is 1. The number of amides is 2. The summed E-state index contributed by atoms with van der Waals surface area (Å²) in [6.07, 6.45) is 10.1. The molecule has 1 spiro atoms. The number of hydrogen-bond donors (Lipinski definition) is 0. The van der Waals surface area contributed by atoms with Crippen LogP contribution in [0, 0.1) is 5.92 Å². The maximum absolute atomic E-state index is 13.8. The van der Waals surface area contributed by atoms with Crippen molar-refractivity contribution in [2.45, 2.75) is 68.9 Å². The minimum atomic E-state index is -0.136. The van der Waals surface area contributed by atoms with Gasteiger partial charge in [0.25, 0.3) is 0 Å². The number of pyridine rings is 1. The van der Waals surface area contributed by atoms with Gasteiger partial charge in [0.2, 0.25) is 5.88 Å². The van der Waals surface area contributed by atoms with E-state index in [9.17, 15) is 9.59 Å². The maximum atomic E-state index is 13.8. The zero-order valence-corrected chi connectivity index (χ0v) is 23.2. The summed E-state index contributed by atoms with van der Waals surface area (Å²) in [5, 5.41) is 0. The SMILES string of the molecule is COc1cc(CC(=O)CCN2C[C@]3(CC[C@](c4ccccc4)(N(C)C)CC3)N(CC3CCC3)C2=O)ccn1. The molecule has 2 saturated carbocycles. The Kier molecular flexibility index (Phi) is 7.75. The van der Waals surface area contributed by atoms with Crippen LogP contribution < -0.4 is 4.74 Å². The first-order valence-electron chi connectivity index (χ1n) is 14.2. The number of ether oxygens (including phenoxy) is 1. The van der Waals surface area contributed by atoms with Gasteiger partial charge >= 0.3 is 6.03 Å². The molecule has 2 amide bonds. The van der Waals surface area contributed by atoms with E-state index in [0.717, 1.165) is 44.3 Å². The number of urea groups is 1.